The molecule has 0 bridgehead atoms. The van der Waals surface area contributed by atoms with E-state index in [-0.39, 0.29) is 18.1 Å². The number of methoxy groups -OCH3 is 1. The lowest BCUT2D eigenvalue weighted by molar-refractivity contribution is -0.123. The number of halogens is 1. The summed E-state index contributed by atoms with van der Waals surface area (Å²) in [6.07, 6.45) is 2.94. The molecule has 0 unspecified atom stereocenters. The van der Waals surface area contributed by atoms with Gasteiger partial charge in [-0.15, -0.1) is 0 Å². The first kappa shape index (κ1) is 19.8. The Balaban J connectivity index is 2.03. The first-order valence-corrected chi connectivity index (χ1v) is 10.1. The van der Waals surface area contributed by atoms with Crippen LogP contribution in [0.1, 0.15) is 24.8 Å². The Bertz CT molecular complexity index is 700. The first-order chi connectivity index (χ1) is 11.7. The summed E-state index contributed by atoms with van der Waals surface area (Å²) in [6.45, 7) is 1.20. The van der Waals surface area contributed by atoms with Crippen molar-refractivity contribution < 1.29 is 22.3 Å². The molecule has 1 aliphatic heterocycles. The van der Waals surface area contributed by atoms with Crippen LogP contribution >= 0.6 is 0 Å². The average Bonchev–Trinajstić information content (AvgIpc) is 2.52. The van der Waals surface area contributed by atoms with Gasteiger partial charge in [-0.1, -0.05) is 12.1 Å². The number of hydrogen-bond acceptors (Lipinski definition) is 4. The second kappa shape index (κ2) is 8.25. The minimum Gasteiger partial charge on any atom is -0.385 e. The van der Waals surface area contributed by atoms with Gasteiger partial charge in [-0.2, -0.15) is 0 Å². The summed E-state index contributed by atoms with van der Waals surface area (Å²) in [6, 6.07) is 5.95. The number of nitrogens with zero attached hydrogens (tertiary/aromatic N) is 1. The Morgan fingerprint density at radius 1 is 1.36 bits per heavy atom. The van der Waals surface area contributed by atoms with E-state index in [0.717, 1.165) is 0 Å². The normalized spacial score (nSPS) is 18.0. The largest absolute Gasteiger partial charge is 0.385 e. The lowest BCUT2D eigenvalue weighted by Gasteiger charge is -2.41. The maximum Gasteiger partial charge on any atom is 0.224 e. The number of piperidine rings is 1. The van der Waals surface area contributed by atoms with Crippen LogP contribution in [0, 0.1) is 5.82 Å². The predicted octanol–water partition coefficient (Wildman–Crippen LogP) is 1.32. The quantitative estimate of drug-likeness (QED) is 0.783. The molecule has 2 rings (SSSR count). The molecule has 6 nitrogen and oxygen atoms in total. The Kier molecular flexibility index (Phi) is 6.53. The molecule has 25 heavy (non-hydrogen) atoms. The van der Waals surface area contributed by atoms with Gasteiger partial charge in [0.05, 0.1) is 12.7 Å². The molecular formula is C17H25FN2O4S. The van der Waals surface area contributed by atoms with E-state index in [1.165, 1.54) is 22.7 Å². The Hall–Kier alpha value is -1.51. The highest BCUT2D eigenvalue weighted by Gasteiger charge is 2.37. The van der Waals surface area contributed by atoms with E-state index >= 15 is 0 Å². The molecule has 1 aromatic rings. The fraction of sp³-hybridized carbons (Fsp3) is 0.588. The Morgan fingerprint density at radius 3 is 2.60 bits per heavy atom. The summed E-state index contributed by atoms with van der Waals surface area (Å²) in [5.41, 5.74) is 0.106. The summed E-state index contributed by atoms with van der Waals surface area (Å²) in [5, 5.41) is 3.04. The van der Waals surface area contributed by atoms with Gasteiger partial charge in [0.25, 0.3) is 0 Å². The van der Waals surface area contributed by atoms with Gasteiger partial charge >= 0.3 is 0 Å². The highest BCUT2D eigenvalue weighted by atomic mass is 32.2. The van der Waals surface area contributed by atoms with Crippen molar-refractivity contribution in [3.63, 3.8) is 0 Å². The Labute approximate surface area is 148 Å². The van der Waals surface area contributed by atoms with Crippen LogP contribution in [0.2, 0.25) is 0 Å². The van der Waals surface area contributed by atoms with E-state index in [2.05, 4.69) is 5.32 Å². The number of rotatable bonds is 7. The summed E-state index contributed by atoms with van der Waals surface area (Å²) in [7, 11) is -1.64. The van der Waals surface area contributed by atoms with E-state index in [0.29, 0.717) is 44.5 Å². The van der Waals surface area contributed by atoms with E-state index in [1.54, 1.807) is 19.2 Å². The van der Waals surface area contributed by atoms with Crippen molar-refractivity contribution in [2.45, 2.75) is 31.2 Å². The van der Waals surface area contributed by atoms with Gasteiger partial charge in [0.15, 0.2) is 0 Å². The third-order valence-electron chi connectivity index (χ3n) is 4.59. The van der Waals surface area contributed by atoms with Crippen LogP contribution < -0.4 is 5.32 Å². The molecule has 1 fully saturated rings. The van der Waals surface area contributed by atoms with Gasteiger partial charge in [0, 0.05) is 32.3 Å². The number of sulfonamides is 1. The number of carbonyl (C=O) groups excluding carboxylic acids is 1. The van der Waals surface area contributed by atoms with Crippen LogP contribution in [-0.2, 0) is 26.0 Å². The summed E-state index contributed by atoms with van der Waals surface area (Å²) < 4.78 is 43.2. The lowest BCUT2D eigenvalue weighted by atomic mass is 9.85. The molecule has 0 saturated carbocycles. The van der Waals surface area contributed by atoms with E-state index in [1.807, 2.05) is 0 Å². The molecule has 0 radical (unpaired) electrons. The number of carbonyl (C=O) groups is 1. The molecule has 1 aliphatic rings. The zero-order chi connectivity index (χ0) is 18.5. The predicted molar refractivity (Wildman–Crippen MR) is 93.1 cm³/mol. The van der Waals surface area contributed by atoms with Crippen LogP contribution in [0.3, 0.4) is 0 Å². The number of hydrogen-bond donors (Lipinski definition) is 1. The van der Waals surface area contributed by atoms with Crippen molar-refractivity contribution in [3.05, 3.63) is 35.6 Å². The molecule has 140 valence electrons. The van der Waals surface area contributed by atoms with Gasteiger partial charge in [-0.3, -0.25) is 4.79 Å². The highest BCUT2D eigenvalue weighted by Crippen LogP contribution is 2.27. The molecule has 1 N–H and O–H groups in total. The second-order valence-electron chi connectivity index (χ2n) is 6.54. The van der Waals surface area contributed by atoms with E-state index < -0.39 is 15.6 Å². The van der Waals surface area contributed by atoms with Crippen molar-refractivity contribution in [3.8, 4) is 0 Å². The van der Waals surface area contributed by atoms with Crippen LogP contribution in [0.4, 0.5) is 4.39 Å². The molecule has 1 amide bonds. The minimum absolute atomic E-state index is 0.0856. The molecule has 0 aromatic heterocycles. The van der Waals surface area contributed by atoms with Crippen LogP contribution in [-0.4, -0.2) is 57.2 Å². The van der Waals surface area contributed by atoms with Gasteiger partial charge in [0.2, 0.25) is 15.9 Å². The van der Waals surface area contributed by atoms with E-state index in [4.69, 9.17) is 4.74 Å². The molecule has 1 heterocycles. The fourth-order valence-corrected chi connectivity index (χ4v) is 4.00. The summed E-state index contributed by atoms with van der Waals surface area (Å²) in [5.74, 6) is -0.574. The van der Waals surface area contributed by atoms with E-state index in [9.17, 15) is 17.6 Å². The van der Waals surface area contributed by atoms with Crippen molar-refractivity contribution in [2.24, 2.45) is 0 Å². The monoisotopic (exact) mass is 372 g/mol. The molecule has 0 aliphatic carbocycles. The number of amides is 1. The fourth-order valence-electron chi connectivity index (χ4n) is 3.15. The van der Waals surface area contributed by atoms with Crippen LogP contribution in [0.25, 0.3) is 0 Å². The molecule has 0 atom stereocenters. The van der Waals surface area contributed by atoms with Crippen molar-refractivity contribution >= 4 is 15.9 Å². The number of ether oxygens (including phenoxy) is 1. The molecule has 8 heteroatoms. The SMILES string of the molecule is COCCC1(NC(=O)Cc2cccc(F)c2)CCN(S(C)(=O)=O)CC1. The first-order valence-electron chi connectivity index (χ1n) is 8.24. The average molecular weight is 372 g/mol. The number of nitrogens with one attached hydrogen (secondary N) is 1. The van der Waals surface area contributed by atoms with Gasteiger partial charge in [0.1, 0.15) is 5.82 Å². The summed E-state index contributed by atoms with van der Waals surface area (Å²) in [4.78, 5) is 12.4. The maximum atomic E-state index is 13.3. The second-order valence-corrected chi connectivity index (χ2v) is 8.52. The third-order valence-corrected chi connectivity index (χ3v) is 5.89. The van der Waals surface area contributed by atoms with Gasteiger partial charge < -0.3 is 10.1 Å². The number of benzene rings is 1. The Morgan fingerprint density at radius 2 is 2.04 bits per heavy atom. The van der Waals surface area contributed by atoms with Crippen molar-refractivity contribution in [2.75, 3.05) is 33.1 Å². The van der Waals surface area contributed by atoms with Crippen LogP contribution in [0.15, 0.2) is 24.3 Å². The third kappa shape index (κ3) is 5.76. The van der Waals surface area contributed by atoms with Crippen LogP contribution in [0.5, 0.6) is 0 Å². The van der Waals surface area contributed by atoms with Gasteiger partial charge in [-0.25, -0.2) is 17.1 Å². The maximum absolute atomic E-state index is 13.3. The molecule has 1 saturated heterocycles. The smallest absolute Gasteiger partial charge is 0.224 e. The zero-order valence-corrected chi connectivity index (χ0v) is 15.4. The minimum atomic E-state index is -3.23. The topological polar surface area (TPSA) is 75.7 Å². The van der Waals surface area contributed by atoms with Crippen molar-refractivity contribution in [1.82, 2.24) is 9.62 Å². The molecular weight excluding hydrogens is 347 g/mol. The molecule has 0 spiro atoms. The van der Waals surface area contributed by atoms with Gasteiger partial charge in [-0.05, 0) is 37.0 Å². The lowest BCUT2D eigenvalue weighted by Crippen LogP contribution is -2.56. The summed E-state index contributed by atoms with van der Waals surface area (Å²) >= 11 is 0. The molecule has 1 aromatic carbocycles. The zero-order valence-electron chi connectivity index (χ0n) is 14.6. The van der Waals surface area contributed by atoms with Crippen molar-refractivity contribution in [1.29, 1.82) is 0 Å². The highest BCUT2D eigenvalue weighted by molar-refractivity contribution is 7.88. The standard InChI is InChI=1S/C17H25FN2O4S/c1-24-11-8-17(6-9-20(10-7-17)25(2,22)23)19-16(21)13-14-4-3-5-15(18)12-14/h3-5,12H,6-11,13H2,1-2H3,(H,19,21).